The van der Waals surface area contributed by atoms with Crippen LogP contribution in [0.2, 0.25) is 0 Å². The van der Waals surface area contributed by atoms with E-state index in [1.54, 1.807) is 0 Å². The molecule has 0 fully saturated rings. The zero-order valence-electron chi connectivity index (χ0n) is 24.3. The minimum absolute atomic E-state index is 0.211. The van der Waals surface area contributed by atoms with Crippen LogP contribution in [0.3, 0.4) is 0 Å². The minimum Gasteiger partial charge on any atom is -0.378 e. The van der Waals surface area contributed by atoms with Crippen molar-refractivity contribution in [3.63, 3.8) is 0 Å². The predicted molar refractivity (Wildman–Crippen MR) is 178 cm³/mol. The second-order valence-corrected chi connectivity index (χ2v) is 12.7. The Balaban J connectivity index is 1.17. The average molecular weight is 619 g/mol. The van der Waals surface area contributed by atoms with Crippen molar-refractivity contribution in [1.29, 1.82) is 0 Å². The van der Waals surface area contributed by atoms with Crippen molar-refractivity contribution < 1.29 is 0 Å². The first-order valence-corrected chi connectivity index (χ1v) is 15.3. The summed E-state index contributed by atoms with van der Waals surface area (Å²) in [5.74, 6) is 0.861. The van der Waals surface area contributed by atoms with Gasteiger partial charge in [-0.1, -0.05) is 65.1 Å². The number of benzene rings is 3. The van der Waals surface area contributed by atoms with E-state index in [1.807, 2.05) is 123 Å². The Hall–Kier alpha value is -5.20. The number of thiazole rings is 2. The molecule has 0 saturated heterocycles. The van der Waals surface area contributed by atoms with Crippen molar-refractivity contribution in [2.45, 2.75) is 0 Å². The van der Waals surface area contributed by atoms with E-state index in [2.05, 4.69) is 20.2 Å². The van der Waals surface area contributed by atoms with Crippen LogP contribution in [0.5, 0.6) is 0 Å². The molecule has 0 aliphatic heterocycles. The molecular formula is C32H26N8O2S2. The molecule has 0 spiro atoms. The molecule has 0 atom stereocenters. The summed E-state index contributed by atoms with van der Waals surface area (Å²) in [6.45, 7) is 0. The molecule has 0 aliphatic carbocycles. The summed E-state index contributed by atoms with van der Waals surface area (Å²) in [5, 5.41) is 9.01. The van der Waals surface area contributed by atoms with E-state index in [4.69, 9.17) is 0 Å². The minimum atomic E-state index is -0.211. The van der Waals surface area contributed by atoms with Crippen molar-refractivity contribution in [3.05, 3.63) is 114 Å². The van der Waals surface area contributed by atoms with Crippen LogP contribution in [-0.4, -0.2) is 57.4 Å². The van der Waals surface area contributed by atoms with E-state index in [9.17, 15) is 9.59 Å². The first kappa shape index (κ1) is 27.6. The fourth-order valence-electron chi connectivity index (χ4n) is 4.75. The highest BCUT2D eigenvalue weighted by atomic mass is 32.1. The Bertz CT molecular complexity index is 2220. The zero-order chi connectivity index (χ0) is 30.5. The number of rotatable bonds is 6. The molecule has 218 valence electrons. The molecule has 7 aromatic rings. The van der Waals surface area contributed by atoms with Gasteiger partial charge in [-0.25, -0.2) is 0 Å². The number of hydrogen-bond donors (Lipinski definition) is 0. The van der Waals surface area contributed by atoms with Crippen LogP contribution in [0.1, 0.15) is 11.1 Å². The molecule has 12 heteroatoms. The SMILES string of the molecule is CN(C)c1ccc(/C=c2/sc3nc(-c4cccc(-c5nc6s/c(=C/c7ccc(N(C)C)cc7)c(=O)n6n5)c4)nn3c2=O)cc1. The smallest absolute Gasteiger partial charge is 0.291 e. The van der Waals surface area contributed by atoms with Crippen molar-refractivity contribution in [2.75, 3.05) is 38.0 Å². The number of fused-ring (bicyclic) bond motifs is 2. The van der Waals surface area contributed by atoms with E-state index in [1.165, 1.54) is 31.7 Å². The Labute approximate surface area is 259 Å². The summed E-state index contributed by atoms with van der Waals surface area (Å²) >= 11 is 2.60. The molecule has 0 unspecified atom stereocenters. The molecule has 0 radical (unpaired) electrons. The van der Waals surface area contributed by atoms with Crippen LogP contribution in [-0.2, 0) is 0 Å². The lowest BCUT2D eigenvalue weighted by Gasteiger charge is -2.11. The summed E-state index contributed by atoms with van der Waals surface area (Å²) in [5.41, 5.74) is 5.06. The van der Waals surface area contributed by atoms with Crippen molar-refractivity contribution >= 4 is 56.1 Å². The number of anilines is 2. The standard InChI is InChI=1S/C32H26N8O2S2/c1-37(2)23-12-8-19(9-13-23)16-25-29(41)39-31(43-25)33-27(35-39)21-6-5-7-22(18-21)28-34-32-40(36-28)30(42)26(44-32)17-20-10-14-24(15-11-20)38(3)4/h5-18H,1-4H3/b25-16+,26-17+. The second-order valence-electron chi connectivity index (χ2n) is 10.6. The summed E-state index contributed by atoms with van der Waals surface area (Å²) in [7, 11) is 7.95. The van der Waals surface area contributed by atoms with Gasteiger partial charge in [-0.3, -0.25) is 9.59 Å². The second kappa shape index (κ2) is 10.8. The predicted octanol–water partition coefficient (Wildman–Crippen LogP) is 3.18. The summed E-state index contributed by atoms with van der Waals surface area (Å²) in [4.78, 5) is 40.6. The van der Waals surface area contributed by atoms with E-state index >= 15 is 0 Å². The van der Waals surface area contributed by atoms with E-state index in [0.29, 0.717) is 30.6 Å². The molecule has 0 N–H and O–H groups in total. The number of hydrogen-bond acceptors (Lipinski definition) is 10. The maximum atomic E-state index is 13.1. The maximum Gasteiger partial charge on any atom is 0.291 e. The van der Waals surface area contributed by atoms with Gasteiger partial charge in [0.25, 0.3) is 11.1 Å². The molecule has 3 aromatic carbocycles. The van der Waals surface area contributed by atoms with Gasteiger partial charge in [-0.05, 0) is 53.6 Å². The molecule has 0 bridgehead atoms. The van der Waals surface area contributed by atoms with Crippen LogP contribution in [0.4, 0.5) is 11.4 Å². The van der Waals surface area contributed by atoms with Crippen molar-refractivity contribution in [2.24, 2.45) is 0 Å². The lowest BCUT2D eigenvalue weighted by atomic mass is 10.1. The highest BCUT2D eigenvalue weighted by molar-refractivity contribution is 7.15. The molecule has 10 nitrogen and oxygen atoms in total. The topological polar surface area (TPSA) is 101 Å². The molecule has 0 aliphatic rings. The largest absolute Gasteiger partial charge is 0.378 e. The maximum absolute atomic E-state index is 13.1. The first-order chi connectivity index (χ1) is 21.2. The normalized spacial score (nSPS) is 12.5. The number of nitrogens with zero attached hydrogens (tertiary/aromatic N) is 8. The Morgan fingerprint density at radius 2 is 1.02 bits per heavy atom. The molecular weight excluding hydrogens is 593 g/mol. The monoisotopic (exact) mass is 618 g/mol. The molecule has 4 aromatic heterocycles. The van der Waals surface area contributed by atoms with Gasteiger partial charge in [0.05, 0.1) is 9.06 Å². The third-order valence-electron chi connectivity index (χ3n) is 7.16. The van der Waals surface area contributed by atoms with Crippen LogP contribution in [0.15, 0.2) is 82.4 Å². The highest BCUT2D eigenvalue weighted by Gasteiger charge is 2.16. The van der Waals surface area contributed by atoms with Crippen LogP contribution in [0, 0.1) is 0 Å². The van der Waals surface area contributed by atoms with Gasteiger partial charge in [0, 0.05) is 50.7 Å². The van der Waals surface area contributed by atoms with Gasteiger partial charge >= 0.3 is 0 Å². The molecule has 7 rings (SSSR count). The van der Waals surface area contributed by atoms with E-state index in [-0.39, 0.29) is 11.1 Å². The first-order valence-electron chi connectivity index (χ1n) is 13.7. The third kappa shape index (κ3) is 5.03. The number of aromatic nitrogens is 6. The van der Waals surface area contributed by atoms with Crippen LogP contribution in [0.25, 0.3) is 44.8 Å². The molecule has 4 heterocycles. The molecule has 44 heavy (non-hydrogen) atoms. The Morgan fingerprint density at radius 1 is 0.614 bits per heavy atom. The van der Waals surface area contributed by atoms with Crippen molar-refractivity contribution in [1.82, 2.24) is 29.2 Å². The third-order valence-corrected chi connectivity index (χ3v) is 9.08. The van der Waals surface area contributed by atoms with Gasteiger partial charge < -0.3 is 9.80 Å². The van der Waals surface area contributed by atoms with Gasteiger partial charge in [-0.15, -0.1) is 10.2 Å². The average Bonchev–Trinajstić information content (AvgIpc) is 3.77. The van der Waals surface area contributed by atoms with E-state index in [0.717, 1.165) is 33.6 Å². The van der Waals surface area contributed by atoms with E-state index < -0.39 is 0 Å². The lowest BCUT2D eigenvalue weighted by Crippen LogP contribution is -2.23. The fourth-order valence-corrected chi connectivity index (χ4v) is 6.57. The molecule has 0 saturated carbocycles. The lowest BCUT2D eigenvalue weighted by molar-refractivity contribution is 0.935. The van der Waals surface area contributed by atoms with Crippen LogP contribution < -0.4 is 30.0 Å². The Morgan fingerprint density at radius 3 is 1.39 bits per heavy atom. The summed E-state index contributed by atoms with van der Waals surface area (Å²) in [6, 6.07) is 23.4. The van der Waals surface area contributed by atoms with Gasteiger partial charge in [-0.2, -0.15) is 19.0 Å². The highest BCUT2D eigenvalue weighted by Crippen LogP contribution is 2.24. The van der Waals surface area contributed by atoms with Crippen molar-refractivity contribution in [3.8, 4) is 22.8 Å². The summed E-state index contributed by atoms with van der Waals surface area (Å²) < 4.78 is 3.81. The molecule has 0 amide bonds. The zero-order valence-corrected chi connectivity index (χ0v) is 25.9. The summed E-state index contributed by atoms with van der Waals surface area (Å²) in [6.07, 6.45) is 3.71. The van der Waals surface area contributed by atoms with Gasteiger partial charge in [0.15, 0.2) is 11.6 Å². The fraction of sp³-hybridized carbons (Fsp3) is 0.125. The van der Waals surface area contributed by atoms with Crippen LogP contribution >= 0.6 is 22.7 Å². The quantitative estimate of drug-likeness (QED) is 0.280. The van der Waals surface area contributed by atoms with Gasteiger partial charge in [0.2, 0.25) is 9.92 Å². The Kier molecular flexibility index (Phi) is 6.79. The van der Waals surface area contributed by atoms with Gasteiger partial charge in [0.1, 0.15) is 0 Å².